The third-order valence-electron chi connectivity index (χ3n) is 2.16. The summed E-state index contributed by atoms with van der Waals surface area (Å²) in [5.41, 5.74) is 7.33. The average Bonchev–Trinajstić information content (AvgIpc) is 2.43. The number of hydrogen-bond acceptors (Lipinski definition) is 2. The first-order valence-electron chi connectivity index (χ1n) is 4.52. The standard InChI is InChI=1S/C10H12ClN3/c1-6(2)10-13-9(11)8-4-3-7(12)5-14(8)10/h3-6H,12H2,1-2H3. The number of aromatic nitrogens is 2. The Balaban J connectivity index is 2.79. The summed E-state index contributed by atoms with van der Waals surface area (Å²) in [6, 6.07) is 3.71. The number of halogens is 1. The number of hydrogen-bond donors (Lipinski definition) is 1. The van der Waals surface area contributed by atoms with E-state index in [2.05, 4.69) is 18.8 Å². The summed E-state index contributed by atoms with van der Waals surface area (Å²) < 4.78 is 1.95. The number of imidazole rings is 1. The maximum absolute atomic E-state index is 6.00. The van der Waals surface area contributed by atoms with Crippen molar-refractivity contribution < 1.29 is 0 Å². The van der Waals surface area contributed by atoms with Crippen molar-refractivity contribution in [2.24, 2.45) is 0 Å². The van der Waals surface area contributed by atoms with Gasteiger partial charge in [-0.05, 0) is 12.1 Å². The Hall–Kier alpha value is -1.22. The minimum absolute atomic E-state index is 0.330. The van der Waals surface area contributed by atoms with Crippen molar-refractivity contribution in [2.45, 2.75) is 19.8 Å². The molecule has 0 saturated heterocycles. The summed E-state index contributed by atoms with van der Waals surface area (Å²) >= 11 is 6.00. The van der Waals surface area contributed by atoms with Gasteiger partial charge in [-0.2, -0.15) is 0 Å². The first-order chi connectivity index (χ1) is 6.59. The summed E-state index contributed by atoms with van der Waals surface area (Å²) in [6.07, 6.45) is 1.85. The summed E-state index contributed by atoms with van der Waals surface area (Å²) in [5, 5.41) is 0.536. The molecule has 0 unspecified atom stereocenters. The molecule has 2 aromatic rings. The van der Waals surface area contributed by atoms with E-state index >= 15 is 0 Å². The third kappa shape index (κ3) is 1.34. The van der Waals surface area contributed by atoms with Gasteiger partial charge in [0.25, 0.3) is 0 Å². The summed E-state index contributed by atoms with van der Waals surface area (Å²) in [7, 11) is 0. The van der Waals surface area contributed by atoms with E-state index in [0.717, 1.165) is 11.3 Å². The van der Waals surface area contributed by atoms with Gasteiger partial charge in [-0.1, -0.05) is 25.4 Å². The average molecular weight is 210 g/mol. The maximum atomic E-state index is 6.00. The van der Waals surface area contributed by atoms with Crippen LogP contribution in [0.2, 0.25) is 5.15 Å². The highest BCUT2D eigenvalue weighted by Gasteiger charge is 2.11. The summed E-state index contributed by atoms with van der Waals surface area (Å²) in [6.45, 7) is 4.16. The van der Waals surface area contributed by atoms with Crippen molar-refractivity contribution in [1.29, 1.82) is 0 Å². The zero-order valence-corrected chi connectivity index (χ0v) is 8.92. The number of rotatable bonds is 1. The Morgan fingerprint density at radius 3 is 2.79 bits per heavy atom. The van der Waals surface area contributed by atoms with Gasteiger partial charge < -0.3 is 5.73 Å². The quantitative estimate of drug-likeness (QED) is 0.785. The second kappa shape index (κ2) is 3.17. The van der Waals surface area contributed by atoms with E-state index in [1.165, 1.54) is 0 Å². The van der Waals surface area contributed by atoms with E-state index in [4.69, 9.17) is 17.3 Å². The van der Waals surface area contributed by atoms with Crippen LogP contribution >= 0.6 is 11.6 Å². The summed E-state index contributed by atoms with van der Waals surface area (Å²) in [5.74, 6) is 1.27. The van der Waals surface area contributed by atoms with Crippen molar-refractivity contribution in [1.82, 2.24) is 9.38 Å². The highest BCUT2D eigenvalue weighted by molar-refractivity contribution is 6.32. The molecule has 14 heavy (non-hydrogen) atoms. The largest absolute Gasteiger partial charge is 0.398 e. The maximum Gasteiger partial charge on any atom is 0.155 e. The number of nitrogen functional groups attached to an aromatic ring is 1. The molecule has 0 fully saturated rings. The van der Waals surface area contributed by atoms with Crippen LogP contribution in [0.15, 0.2) is 18.3 Å². The van der Waals surface area contributed by atoms with Gasteiger partial charge in [0, 0.05) is 17.8 Å². The predicted molar refractivity (Wildman–Crippen MR) is 58.7 cm³/mol. The molecule has 0 aromatic carbocycles. The minimum Gasteiger partial charge on any atom is -0.398 e. The Labute approximate surface area is 87.5 Å². The van der Waals surface area contributed by atoms with E-state index in [9.17, 15) is 0 Å². The van der Waals surface area contributed by atoms with Gasteiger partial charge in [-0.15, -0.1) is 0 Å². The molecule has 2 rings (SSSR count). The van der Waals surface area contributed by atoms with Crippen molar-refractivity contribution in [3.8, 4) is 0 Å². The second-order valence-electron chi connectivity index (χ2n) is 3.63. The van der Waals surface area contributed by atoms with Gasteiger partial charge in [0.2, 0.25) is 0 Å². The predicted octanol–water partition coefficient (Wildman–Crippen LogP) is 2.69. The number of nitrogens with two attached hydrogens (primary N) is 1. The van der Waals surface area contributed by atoms with Gasteiger partial charge in [-0.3, -0.25) is 4.40 Å². The van der Waals surface area contributed by atoms with Crippen molar-refractivity contribution >= 4 is 22.8 Å². The Bertz CT molecular complexity index is 473. The van der Waals surface area contributed by atoms with E-state index in [-0.39, 0.29) is 0 Å². The monoisotopic (exact) mass is 209 g/mol. The Morgan fingerprint density at radius 1 is 1.43 bits per heavy atom. The molecular formula is C10H12ClN3. The lowest BCUT2D eigenvalue weighted by molar-refractivity contribution is 0.771. The normalized spacial score (nSPS) is 11.4. The van der Waals surface area contributed by atoms with Crippen molar-refractivity contribution in [3.63, 3.8) is 0 Å². The molecule has 74 valence electrons. The molecule has 2 aromatic heterocycles. The fourth-order valence-corrected chi connectivity index (χ4v) is 1.73. The van der Waals surface area contributed by atoms with Gasteiger partial charge in [0.05, 0.1) is 5.52 Å². The molecule has 0 radical (unpaired) electrons. The molecule has 0 aliphatic rings. The van der Waals surface area contributed by atoms with Crippen LogP contribution in [-0.2, 0) is 0 Å². The molecule has 0 saturated carbocycles. The van der Waals surface area contributed by atoms with Crippen LogP contribution in [-0.4, -0.2) is 9.38 Å². The fourth-order valence-electron chi connectivity index (χ4n) is 1.49. The molecule has 2 N–H and O–H groups in total. The van der Waals surface area contributed by atoms with E-state index in [1.807, 2.05) is 22.7 Å². The van der Waals surface area contributed by atoms with Crippen molar-refractivity contribution in [2.75, 3.05) is 5.73 Å². The van der Waals surface area contributed by atoms with E-state index in [1.54, 1.807) is 0 Å². The van der Waals surface area contributed by atoms with Crippen LogP contribution in [0.1, 0.15) is 25.6 Å². The van der Waals surface area contributed by atoms with Crippen molar-refractivity contribution in [3.05, 3.63) is 29.3 Å². The molecule has 0 spiro atoms. The zero-order valence-electron chi connectivity index (χ0n) is 8.16. The topological polar surface area (TPSA) is 43.3 Å². The molecular weight excluding hydrogens is 198 g/mol. The lowest BCUT2D eigenvalue weighted by Crippen LogP contribution is -1.98. The van der Waals surface area contributed by atoms with Crippen LogP contribution in [0.4, 0.5) is 5.69 Å². The number of pyridine rings is 1. The number of nitrogens with zero attached hydrogens (tertiary/aromatic N) is 2. The first-order valence-corrected chi connectivity index (χ1v) is 4.90. The Kier molecular flexibility index (Phi) is 2.11. The van der Waals surface area contributed by atoms with Gasteiger partial charge >= 0.3 is 0 Å². The van der Waals surface area contributed by atoms with Crippen LogP contribution in [0.25, 0.3) is 5.52 Å². The van der Waals surface area contributed by atoms with Crippen LogP contribution in [0.5, 0.6) is 0 Å². The molecule has 2 heterocycles. The smallest absolute Gasteiger partial charge is 0.155 e. The zero-order chi connectivity index (χ0) is 10.3. The Morgan fingerprint density at radius 2 is 2.14 bits per heavy atom. The molecule has 0 aliphatic carbocycles. The van der Waals surface area contributed by atoms with E-state index in [0.29, 0.717) is 16.8 Å². The molecule has 4 heteroatoms. The second-order valence-corrected chi connectivity index (χ2v) is 3.99. The molecule has 0 aliphatic heterocycles. The minimum atomic E-state index is 0.330. The highest BCUT2D eigenvalue weighted by Crippen LogP contribution is 2.23. The highest BCUT2D eigenvalue weighted by atomic mass is 35.5. The summed E-state index contributed by atoms with van der Waals surface area (Å²) in [4.78, 5) is 4.30. The van der Waals surface area contributed by atoms with Crippen LogP contribution in [0, 0.1) is 0 Å². The molecule has 0 atom stereocenters. The molecule has 0 bridgehead atoms. The lowest BCUT2D eigenvalue weighted by atomic mass is 10.2. The van der Waals surface area contributed by atoms with Gasteiger partial charge in [-0.25, -0.2) is 4.98 Å². The number of anilines is 1. The number of fused-ring (bicyclic) bond motifs is 1. The van der Waals surface area contributed by atoms with Gasteiger partial charge in [0.1, 0.15) is 5.82 Å². The van der Waals surface area contributed by atoms with Gasteiger partial charge in [0.15, 0.2) is 5.15 Å². The fraction of sp³-hybridized carbons (Fsp3) is 0.300. The SMILES string of the molecule is CC(C)c1nc(Cl)c2ccc(N)cn12. The van der Waals surface area contributed by atoms with Crippen LogP contribution in [0.3, 0.4) is 0 Å². The lowest BCUT2D eigenvalue weighted by Gasteiger charge is -2.04. The first kappa shape index (κ1) is 9.34. The van der Waals surface area contributed by atoms with Crippen LogP contribution < -0.4 is 5.73 Å². The van der Waals surface area contributed by atoms with E-state index < -0.39 is 0 Å². The molecule has 3 nitrogen and oxygen atoms in total. The third-order valence-corrected chi connectivity index (χ3v) is 2.44. The molecule has 0 amide bonds.